The standard InChI is InChI=1S/C23H24ClFN4O2/c24-20-4-2-1-3-17(20)16-29-21(9-12-27-29)28-22(30)15-26-23(10-13-31-14-11-23)18-5-7-19(25)8-6-18/h1-9,12,26H,10-11,13-16H2,(H,28,30). The molecule has 1 aromatic heterocycles. The highest BCUT2D eigenvalue weighted by atomic mass is 35.5. The van der Waals surface area contributed by atoms with Crippen molar-refractivity contribution in [3.8, 4) is 0 Å². The molecule has 0 bridgehead atoms. The summed E-state index contributed by atoms with van der Waals surface area (Å²) in [4.78, 5) is 12.7. The van der Waals surface area contributed by atoms with Gasteiger partial charge in [-0.15, -0.1) is 0 Å². The molecule has 3 aromatic rings. The van der Waals surface area contributed by atoms with Crippen LogP contribution in [0.1, 0.15) is 24.0 Å². The van der Waals surface area contributed by atoms with Crippen molar-refractivity contribution in [2.45, 2.75) is 24.9 Å². The first-order valence-corrected chi connectivity index (χ1v) is 10.6. The molecule has 0 unspecified atom stereocenters. The predicted molar refractivity (Wildman–Crippen MR) is 118 cm³/mol. The van der Waals surface area contributed by atoms with Gasteiger partial charge in [-0.2, -0.15) is 5.10 Å². The van der Waals surface area contributed by atoms with E-state index >= 15 is 0 Å². The van der Waals surface area contributed by atoms with Crippen LogP contribution < -0.4 is 10.6 Å². The van der Waals surface area contributed by atoms with E-state index in [0.29, 0.717) is 43.4 Å². The fraction of sp³-hybridized carbons (Fsp3) is 0.304. The van der Waals surface area contributed by atoms with E-state index in [9.17, 15) is 9.18 Å². The lowest BCUT2D eigenvalue weighted by molar-refractivity contribution is -0.116. The number of halogens is 2. The van der Waals surface area contributed by atoms with Crippen LogP contribution in [0.4, 0.5) is 10.2 Å². The normalized spacial score (nSPS) is 15.5. The van der Waals surface area contributed by atoms with Crippen molar-refractivity contribution >= 4 is 23.3 Å². The van der Waals surface area contributed by atoms with Crippen LogP contribution >= 0.6 is 11.6 Å². The van der Waals surface area contributed by atoms with E-state index < -0.39 is 5.54 Å². The van der Waals surface area contributed by atoms with Crippen molar-refractivity contribution in [3.63, 3.8) is 0 Å². The predicted octanol–water partition coefficient (Wildman–Crippen LogP) is 3.96. The van der Waals surface area contributed by atoms with Gasteiger partial charge in [0, 0.05) is 29.8 Å². The summed E-state index contributed by atoms with van der Waals surface area (Å²) in [6.07, 6.45) is 3.05. The smallest absolute Gasteiger partial charge is 0.239 e. The molecule has 1 aliphatic rings. The quantitative estimate of drug-likeness (QED) is 0.581. The van der Waals surface area contributed by atoms with Gasteiger partial charge < -0.3 is 10.1 Å². The van der Waals surface area contributed by atoms with Crippen molar-refractivity contribution in [2.24, 2.45) is 0 Å². The Morgan fingerprint density at radius 2 is 1.87 bits per heavy atom. The topological polar surface area (TPSA) is 68.2 Å². The Kier molecular flexibility index (Phi) is 6.65. The average Bonchev–Trinajstić information content (AvgIpc) is 3.21. The zero-order valence-corrected chi connectivity index (χ0v) is 17.7. The number of hydrogen-bond acceptors (Lipinski definition) is 4. The highest BCUT2D eigenvalue weighted by Gasteiger charge is 2.34. The molecule has 2 N–H and O–H groups in total. The second kappa shape index (κ2) is 9.60. The maximum Gasteiger partial charge on any atom is 0.239 e. The minimum absolute atomic E-state index is 0.106. The Hall–Kier alpha value is -2.74. The number of carbonyl (C=O) groups excluding carboxylic acids is 1. The van der Waals surface area contributed by atoms with Gasteiger partial charge in [-0.1, -0.05) is 41.9 Å². The van der Waals surface area contributed by atoms with Gasteiger partial charge in [-0.3, -0.25) is 10.1 Å². The van der Waals surface area contributed by atoms with Gasteiger partial charge in [-0.25, -0.2) is 9.07 Å². The molecular weight excluding hydrogens is 419 g/mol. The Morgan fingerprint density at radius 3 is 2.61 bits per heavy atom. The first-order chi connectivity index (χ1) is 15.1. The maximum atomic E-state index is 13.4. The second-order valence-electron chi connectivity index (χ2n) is 7.57. The van der Waals surface area contributed by atoms with E-state index in [1.807, 2.05) is 24.3 Å². The number of anilines is 1. The molecule has 0 atom stereocenters. The molecular formula is C23H24ClFN4O2. The molecule has 1 amide bonds. The molecule has 8 heteroatoms. The summed E-state index contributed by atoms with van der Waals surface area (Å²) in [7, 11) is 0. The van der Waals surface area contributed by atoms with E-state index in [2.05, 4.69) is 15.7 Å². The third kappa shape index (κ3) is 5.12. The van der Waals surface area contributed by atoms with E-state index in [0.717, 1.165) is 11.1 Å². The fourth-order valence-corrected chi connectivity index (χ4v) is 4.04. The number of amides is 1. The number of nitrogens with zero attached hydrogens (tertiary/aromatic N) is 2. The Balaban J connectivity index is 1.42. The highest BCUT2D eigenvalue weighted by molar-refractivity contribution is 6.31. The van der Waals surface area contributed by atoms with Crippen molar-refractivity contribution in [1.82, 2.24) is 15.1 Å². The Morgan fingerprint density at radius 1 is 1.13 bits per heavy atom. The summed E-state index contributed by atoms with van der Waals surface area (Å²) in [5.41, 5.74) is 1.44. The summed E-state index contributed by atoms with van der Waals surface area (Å²) >= 11 is 6.25. The van der Waals surface area contributed by atoms with Gasteiger partial charge in [0.2, 0.25) is 5.91 Å². The zero-order chi connectivity index (χ0) is 21.7. The molecule has 31 heavy (non-hydrogen) atoms. The van der Waals surface area contributed by atoms with Crippen LogP contribution in [0, 0.1) is 5.82 Å². The zero-order valence-electron chi connectivity index (χ0n) is 17.0. The summed E-state index contributed by atoms with van der Waals surface area (Å²) < 4.78 is 20.6. The average molecular weight is 443 g/mol. The van der Waals surface area contributed by atoms with E-state index in [4.69, 9.17) is 16.3 Å². The molecule has 0 spiro atoms. The van der Waals surface area contributed by atoms with Gasteiger partial charge in [0.15, 0.2) is 0 Å². The molecule has 2 aromatic carbocycles. The number of rotatable bonds is 7. The molecule has 2 heterocycles. The lowest BCUT2D eigenvalue weighted by Crippen LogP contribution is -2.49. The molecule has 1 aliphatic heterocycles. The van der Waals surface area contributed by atoms with Gasteiger partial charge in [-0.05, 0) is 42.2 Å². The summed E-state index contributed by atoms with van der Waals surface area (Å²) in [5, 5.41) is 11.3. The Labute approximate surface area is 185 Å². The lowest BCUT2D eigenvalue weighted by atomic mass is 9.82. The molecule has 0 radical (unpaired) electrons. The first-order valence-electron chi connectivity index (χ1n) is 10.2. The summed E-state index contributed by atoms with van der Waals surface area (Å²) in [6, 6.07) is 15.7. The number of carbonyl (C=O) groups is 1. The number of ether oxygens (including phenoxy) is 1. The van der Waals surface area contributed by atoms with Crippen LogP contribution in [-0.4, -0.2) is 35.4 Å². The van der Waals surface area contributed by atoms with Crippen LogP contribution in [0.15, 0.2) is 60.8 Å². The first kappa shape index (κ1) is 21.5. The van der Waals surface area contributed by atoms with Gasteiger partial charge in [0.25, 0.3) is 0 Å². The monoisotopic (exact) mass is 442 g/mol. The fourth-order valence-electron chi connectivity index (χ4n) is 3.85. The number of benzene rings is 2. The SMILES string of the molecule is O=C(CNC1(c2ccc(F)cc2)CCOCC1)Nc1ccnn1Cc1ccccc1Cl. The van der Waals surface area contributed by atoms with Crippen LogP contribution in [0.3, 0.4) is 0 Å². The third-order valence-electron chi connectivity index (χ3n) is 5.59. The maximum absolute atomic E-state index is 13.4. The molecule has 1 fully saturated rings. The molecule has 0 aliphatic carbocycles. The molecule has 6 nitrogen and oxygen atoms in total. The largest absolute Gasteiger partial charge is 0.381 e. The molecule has 0 saturated carbocycles. The van der Waals surface area contributed by atoms with Gasteiger partial charge in [0.1, 0.15) is 11.6 Å². The van der Waals surface area contributed by atoms with Crippen molar-refractivity contribution in [2.75, 3.05) is 25.1 Å². The van der Waals surface area contributed by atoms with Crippen molar-refractivity contribution < 1.29 is 13.9 Å². The second-order valence-corrected chi connectivity index (χ2v) is 7.98. The lowest BCUT2D eigenvalue weighted by Gasteiger charge is -2.38. The van der Waals surface area contributed by atoms with Crippen molar-refractivity contribution in [3.05, 3.63) is 82.8 Å². The van der Waals surface area contributed by atoms with E-state index in [1.165, 1.54) is 12.1 Å². The number of hydrogen-bond donors (Lipinski definition) is 2. The highest BCUT2D eigenvalue weighted by Crippen LogP contribution is 2.32. The Bertz CT molecular complexity index is 1030. The molecule has 162 valence electrons. The van der Waals surface area contributed by atoms with Gasteiger partial charge >= 0.3 is 0 Å². The van der Waals surface area contributed by atoms with Crippen LogP contribution in [0.2, 0.25) is 5.02 Å². The van der Waals surface area contributed by atoms with Crippen LogP contribution in [0.5, 0.6) is 0 Å². The minimum Gasteiger partial charge on any atom is -0.381 e. The van der Waals surface area contributed by atoms with E-state index in [-0.39, 0.29) is 18.3 Å². The minimum atomic E-state index is -0.429. The van der Waals surface area contributed by atoms with E-state index in [1.54, 1.807) is 29.1 Å². The third-order valence-corrected chi connectivity index (χ3v) is 5.96. The van der Waals surface area contributed by atoms with Gasteiger partial charge in [0.05, 0.1) is 19.3 Å². The molecule has 1 saturated heterocycles. The van der Waals surface area contributed by atoms with Crippen molar-refractivity contribution in [1.29, 1.82) is 0 Å². The summed E-state index contributed by atoms with van der Waals surface area (Å²) in [6.45, 7) is 1.72. The number of aromatic nitrogens is 2. The van der Waals surface area contributed by atoms with Crippen LogP contribution in [0.25, 0.3) is 0 Å². The number of nitrogens with one attached hydrogen (secondary N) is 2. The summed E-state index contributed by atoms with van der Waals surface area (Å²) in [5.74, 6) is 0.124. The van der Waals surface area contributed by atoms with Crippen LogP contribution in [-0.2, 0) is 21.6 Å². The molecule has 4 rings (SSSR count).